The standard InChI is InChI=1S/C23H27N3O2.ClH/c1-18(12-13-24)21-10-6-7-11-22(21)28-23(19(2)27)26-16-14-25(15-17-26)20-8-4-3-5-9-20;/h3-12,19,23,27H,14-17H2,1-2H3;1H/b18-12-;. The van der Waals surface area contributed by atoms with Gasteiger partial charge in [0, 0.05) is 43.5 Å². The van der Waals surface area contributed by atoms with Crippen molar-refractivity contribution in [1.82, 2.24) is 4.90 Å². The minimum Gasteiger partial charge on any atom is -0.472 e. The van der Waals surface area contributed by atoms with Crippen LogP contribution in [0.3, 0.4) is 0 Å². The topological polar surface area (TPSA) is 59.7 Å². The number of piperazine rings is 1. The molecule has 0 aliphatic carbocycles. The van der Waals surface area contributed by atoms with Gasteiger partial charge in [-0.1, -0.05) is 36.4 Å². The molecule has 6 heteroatoms. The van der Waals surface area contributed by atoms with Crippen molar-refractivity contribution < 1.29 is 9.84 Å². The number of anilines is 1. The Hall–Kier alpha value is -2.52. The lowest BCUT2D eigenvalue weighted by molar-refractivity contribution is -0.0602. The van der Waals surface area contributed by atoms with Gasteiger partial charge in [0.2, 0.25) is 0 Å². The largest absolute Gasteiger partial charge is 0.472 e. The summed E-state index contributed by atoms with van der Waals surface area (Å²) < 4.78 is 6.26. The molecule has 1 aliphatic rings. The molecule has 0 radical (unpaired) electrons. The number of nitrogens with zero attached hydrogens (tertiary/aromatic N) is 3. The van der Waals surface area contributed by atoms with Crippen LogP contribution in [0.4, 0.5) is 5.69 Å². The molecular weight excluding hydrogens is 386 g/mol. The first-order valence-corrected chi connectivity index (χ1v) is 9.64. The molecule has 2 aromatic rings. The van der Waals surface area contributed by atoms with Crippen molar-refractivity contribution in [2.75, 3.05) is 31.1 Å². The number of ether oxygens (including phenoxy) is 1. The number of benzene rings is 2. The van der Waals surface area contributed by atoms with E-state index in [1.165, 1.54) is 11.8 Å². The first-order valence-electron chi connectivity index (χ1n) is 9.64. The van der Waals surface area contributed by atoms with E-state index < -0.39 is 12.3 Å². The van der Waals surface area contributed by atoms with E-state index in [4.69, 9.17) is 10.00 Å². The third kappa shape index (κ3) is 5.74. The summed E-state index contributed by atoms with van der Waals surface area (Å²) in [6, 6.07) is 20.1. The van der Waals surface area contributed by atoms with Crippen molar-refractivity contribution in [2.45, 2.75) is 26.2 Å². The fourth-order valence-electron chi connectivity index (χ4n) is 3.55. The number of halogens is 1. The van der Waals surface area contributed by atoms with Crippen LogP contribution in [0.1, 0.15) is 19.4 Å². The number of aliphatic hydroxyl groups excluding tert-OH is 1. The molecule has 1 aliphatic heterocycles. The van der Waals surface area contributed by atoms with Gasteiger partial charge in [0.15, 0.2) is 6.23 Å². The second-order valence-electron chi connectivity index (χ2n) is 7.06. The van der Waals surface area contributed by atoms with E-state index in [2.05, 4.69) is 40.1 Å². The predicted octanol–water partition coefficient (Wildman–Crippen LogP) is 3.94. The van der Waals surface area contributed by atoms with Crippen LogP contribution in [0.25, 0.3) is 5.57 Å². The number of aliphatic hydroxyl groups is 1. The summed E-state index contributed by atoms with van der Waals surface area (Å²) in [5.74, 6) is 0.683. The Labute approximate surface area is 179 Å². The Kier molecular flexibility index (Phi) is 8.53. The van der Waals surface area contributed by atoms with Crippen LogP contribution in [-0.2, 0) is 0 Å². The molecule has 2 aromatic carbocycles. The van der Waals surface area contributed by atoms with Gasteiger partial charge in [0.1, 0.15) is 11.9 Å². The highest BCUT2D eigenvalue weighted by atomic mass is 35.5. The van der Waals surface area contributed by atoms with Crippen LogP contribution >= 0.6 is 12.4 Å². The first kappa shape index (κ1) is 22.8. The van der Waals surface area contributed by atoms with E-state index >= 15 is 0 Å². The molecule has 0 aromatic heterocycles. The van der Waals surface area contributed by atoms with Crippen molar-refractivity contribution in [3.05, 3.63) is 66.2 Å². The molecule has 1 saturated heterocycles. The van der Waals surface area contributed by atoms with Crippen LogP contribution in [-0.4, -0.2) is 48.5 Å². The van der Waals surface area contributed by atoms with Gasteiger partial charge in [-0.15, -0.1) is 12.4 Å². The average Bonchev–Trinajstić information content (AvgIpc) is 2.73. The third-order valence-electron chi connectivity index (χ3n) is 5.05. The quantitative estimate of drug-likeness (QED) is 0.727. The summed E-state index contributed by atoms with van der Waals surface area (Å²) >= 11 is 0. The zero-order valence-electron chi connectivity index (χ0n) is 16.9. The van der Waals surface area contributed by atoms with Crippen LogP contribution in [0.15, 0.2) is 60.7 Å². The molecule has 0 amide bonds. The fourth-order valence-corrected chi connectivity index (χ4v) is 3.55. The van der Waals surface area contributed by atoms with E-state index in [0.29, 0.717) is 5.75 Å². The summed E-state index contributed by atoms with van der Waals surface area (Å²) in [7, 11) is 0. The molecule has 154 valence electrons. The number of para-hydroxylation sites is 2. The Morgan fingerprint density at radius 2 is 1.69 bits per heavy atom. The van der Waals surface area contributed by atoms with Gasteiger partial charge >= 0.3 is 0 Å². The highest BCUT2D eigenvalue weighted by Gasteiger charge is 2.29. The Balaban J connectivity index is 0.00000300. The zero-order chi connectivity index (χ0) is 19.9. The summed E-state index contributed by atoms with van der Waals surface area (Å²) in [5, 5.41) is 19.4. The molecule has 2 atom stereocenters. The molecule has 29 heavy (non-hydrogen) atoms. The van der Waals surface area contributed by atoms with E-state index in [1.807, 2.05) is 37.3 Å². The van der Waals surface area contributed by atoms with Crippen LogP contribution < -0.4 is 9.64 Å². The molecular formula is C23H28ClN3O2. The lowest BCUT2D eigenvalue weighted by Gasteiger charge is -2.41. The van der Waals surface area contributed by atoms with Crippen molar-refractivity contribution in [1.29, 1.82) is 5.26 Å². The van der Waals surface area contributed by atoms with E-state index in [9.17, 15) is 5.11 Å². The highest BCUT2D eigenvalue weighted by molar-refractivity contribution is 5.85. The maximum absolute atomic E-state index is 10.4. The van der Waals surface area contributed by atoms with Crippen LogP contribution in [0.2, 0.25) is 0 Å². The first-order chi connectivity index (χ1) is 13.6. The highest BCUT2D eigenvalue weighted by Crippen LogP contribution is 2.28. The summed E-state index contributed by atoms with van der Waals surface area (Å²) in [6.45, 7) is 7.02. The number of nitriles is 1. The van der Waals surface area contributed by atoms with Gasteiger partial charge in [-0.25, -0.2) is 0 Å². The van der Waals surface area contributed by atoms with Crippen molar-refractivity contribution in [2.24, 2.45) is 0 Å². The van der Waals surface area contributed by atoms with Gasteiger partial charge in [0.05, 0.1) is 6.07 Å². The number of rotatable bonds is 6. The molecule has 1 heterocycles. The zero-order valence-corrected chi connectivity index (χ0v) is 17.7. The third-order valence-corrected chi connectivity index (χ3v) is 5.05. The predicted molar refractivity (Wildman–Crippen MR) is 119 cm³/mol. The Morgan fingerprint density at radius 1 is 1.07 bits per heavy atom. The number of hydrogen-bond donors (Lipinski definition) is 1. The van der Waals surface area contributed by atoms with Crippen molar-refractivity contribution in [3.8, 4) is 11.8 Å². The summed E-state index contributed by atoms with van der Waals surface area (Å²) in [6.07, 6.45) is 0.434. The van der Waals surface area contributed by atoms with Crippen LogP contribution in [0.5, 0.6) is 5.75 Å². The number of allylic oxidation sites excluding steroid dienone is 2. The lowest BCUT2D eigenvalue weighted by atomic mass is 10.1. The van der Waals surface area contributed by atoms with Crippen molar-refractivity contribution >= 4 is 23.7 Å². The normalized spacial score (nSPS) is 17.0. The molecule has 0 spiro atoms. The lowest BCUT2D eigenvalue weighted by Crippen LogP contribution is -2.55. The van der Waals surface area contributed by atoms with Gasteiger partial charge in [0.25, 0.3) is 0 Å². The maximum atomic E-state index is 10.4. The molecule has 0 bridgehead atoms. The minimum absolute atomic E-state index is 0. The average molecular weight is 414 g/mol. The van der Waals surface area contributed by atoms with Crippen molar-refractivity contribution in [3.63, 3.8) is 0 Å². The monoisotopic (exact) mass is 413 g/mol. The smallest absolute Gasteiger partial charge is 0.178 e. The van der Waals surface area contributed by atoms with Crippen LogP contribution in [0, 0.1) is 11.3 Å². The van der Waals surface area contributed by atoms with Gasteiger partial charge < -0.3 is 14.7 Å². The van der Waals surface area contributed by atoms with Gasteiger partial charge in [-0.3, -0.25) is 4.90 Å². The Bertz CT molecular complexity index is 841. The molecule has 2 unspecified atom stereocenters. The summed E-state index contributed by atoms with van der Waals surface area (Å²) in [5.41, 5.74) is 2.94. The van der Waals surface area contributed by atoms with E-state index in [0.717, 1.165) is 37.3 Å². The second kappa shape index (κ2) is 10.9. The Morgan fingerprint density at radius 3 is 2.31 bits per heavy atom. The van der Waals surface area contributed by atoms with E-state index in [1.54, 1.807) is 6.92 Å². The minimum atomic E-state index is -0.642. The SMILES string of the molecule is C/C(=C/C#N)c1ccccc1OC(C(C)O)N1CCN(c2ccccc2)CC1.Cl. The maximum Gasteiger partial charge on any atom is 0.178 e. The molecule has 3 rings (SSSR count). The molecule has 1 N–H and O–H groups in total. The molecule has 0 saturated carbocycles. The molecule has 5 nitrogen and oxygen atoms in total. The van der Waals surface area contributed by atoms with Gasteiger partial charge in [-0.2, -0.15) is 5.26 Å². The van der Waals surface area contributed by atoms with E-state index in [-0.39, 0.29) is 12.4 Å². The number of hydrogen-bond acceptors (Lipinski definition) is 5. The van der Waals surface area contributed by atoms with Gasteiger partial charge in [-0.05, 0) is 37.6 Å². The summed E-state index contributed by atoms with van der Waals surface area (Å²) in [4.78, 5) is 4.54. The second-order valence-corrected chi connectivity index (χ2v) is 7.06. The molecule has 1 fully saturated rings. The fraction of sp³-hybridized carbons (Fsp3) is 0.348.